The zero-order valence-electron chi connectivity index (χ0n) is 14.6. The van der Waals surface area contributed by atoms with E-state index in [1.807, 2.05) is 18.7 Å². The summed E-state index contributed by atoms with van der Waals surface area (Å²) >= 11 is 0. The number of piperazine rings is 1. The monoisotopic (exact) mass is 324 g/mol. The highest BCUT2D eigenvalue weighted by molar-refractivity contribution is 5.91. The minimum Gasteiger partial charge on any atom is -0.342 e. The highest BCUT2D eigenvalue weighted by Crippen LogP contribution is 2.24. The van der Waals surface area contributed by atoms with Crippen LogP contribution in [0.5, 0.6) is 0 Å². The minimum atomic E-state index is -0.450. The lowest BCUT2D eigenvalue weighted by atomic mass is 10.1. The van der Waals surface area contributed by atoms with Gasteiger partial charge in [0.25, 0.3) is 0 Å². The Hall–Kier alpha value is -1.79. The smallest absolute Gasteiger partial charge is 0.321 e. The predicted molar refractivity (Wildman–Crippen MR) is 86.9 cm³/mol. The molecule has 2 saturated heterocycles. The van der Waals surface area contributed by atoms with Gasteiger partial charge < -0.3 is 19.6 Å². The third-order valence-corrected chi connectivity index (χ3v) is 4.62. The van der Waals surface area contributed by atoms with E-state index < -0.39 is 6.04 Å². The van der Waals surface area contributed by atoms with E-state index in [1.165, 1.54) is 0 Å². The zero-order valence-corrected chi connectivity index (χ0v) is 14.6. The SMILES string of the molecule is CCCN(CCC)C(=O)CN1C[C@@H]2CN(C)C(=O)[C@H](C)N2C1=O. The molecule has 0 N–H and O–H groups in total. The minimum absolute atomic E-state index is 0.00534. The fourth-order valence-corrected chi connectivity index (χ4v) is 3.51. The van der Waals surface area contributed by atoms with E-state index >= 15 is 0 Å². The summed E-state index contributed by atoms with van der Waals surface area (Å²) in [6.45, 7) is 8.44. The lowest BCUT2D eigenvalue weighted by molar-refractivity contribution is -0.139. The molecule has 2 fully saturated rings. The summed E-state index contributed by atoms with van der Waals surface area (Å²) in [6, 6.07) is -0.655. The highest BCUT2D eigenvalue weighted by atomic mass is 16.2. The van der Waals surface area contributed by atoms with Crippen LogP contribution in [0.25, 0.3) is 0 Å². The lowest BCUT2D eigenvalue weighted by Crippen LogP contribution is -2.59. The lowest BCUT2D eigenvalue weighted by Gasteiger charge is -2.38. The molecule has 0 radical (unpaired) electrons. The maximum Gasteiger partial charge on any atom is 0.321 e. The number of fused-ring (bicyclic) bond motifs is 1. The Kier molecular flexibility index (Phi) is 5.49. The fraction of sp³-hybridized carbons (Fsp3) is 0.812. The van der Waals surface area contributed by atoms with Gasteiger partial charge in [-0.05, 0) is 19.8 Å². The number of carbonyl (C=O) groups is 3. The number of carbonyl (C=O) groups excluding carboxylic acids is 3. The quantitative estimate of drug-likeness (QED) is 0.719. The molecular formula is C16H28N4O3. The van der Waals surface area contributed by atoms with Crippen LogP contribution in [-0.2, 0) is 9.59 Å². The van der Waals surface area contributed by atoms with Crippen molar-refractivity contribution >= 4 is 17.8 Å². The van der Waals surface area contributed by atoms with Crippen LogP contribution in [0.2, 0.25) is 0 Å². The fourth-order valence-electron chi connectivity index (χ4n) is 3.51. The molecule has 0 aromatic carbocycles. The topological polar surface area (TPSA) is 64.2 Å². The number of hydrogen-bond donors (Lipinski definition) is 0. The van der Waals surface area contributed by atoms with Crippen molar-refractivity contribution in [2.45, 2.75) is 45.7 Å². The van der Waals surface area contributed by atoms with Crippen LogP contribution in [0.3, 0.4) is 0 Å². The first-order valence-corrected chi connectivity index (χ1v) is 8.50. The van der Waals surface area contributed by atoms with Crippen molar-refractivity contribution in [3.8, 4) is 0 Å². The first-order valence-electron chi connectivity index (χ1n) is 8.50. The standard InChI is InChI=1S/C16H28N4O3/c1-5-7-18(8-6-2)14(21)11-19-10-13-9-17(4)15(22)12(3)20(13)16(19)23/h12-13H,5-11H2,1-4H3/t12-,13-/m0/s1. The van der Waals surface area contributed by atoms with Gasteiger partial charge in [-0.25, -0.2) is 4.79 Å². The average molecular weight is 324 g/mol. The Morgan fingerprint density at radius 1 is 1.17 bits per heavy atom. The number of rotatable bonds is 6. The van der Waals surface area contributed by atoms with Gasteiger partial charge in [-0.3, -0.25) is 9.59 Å². The largest absolute Gasteiger partial charge is 0.342 e. The van der Waals surface area contributed by atoms with Crippen molar-refractivity contribution in [3.05, 3.63) is 0 Å². The van der Waals surface area contributed by atoms with Crippen LogP contribution in [0.15, 0.2) is 0 Å². The second kappa shape index (κ2) is 7.19. The molecule has 2 heterocycles. The molecule has 2 rings (SSSR count). The van der Waals surface area contributed by atoms with E-state index in [9.17, 15) is 14.4 Å². The summed E-state index contributed by atoms with van der Waals surface area (Å²) < 4.78 is 0. The summed E-state index contributed by atoms with van der Waals surface area (Å²) in [6.07, 6.45) is 1.82. The van der Waals surface area contributed by atoms with Crippen LogP contribution in [0, 0.1) is 0 Å². The molecule has 0 aliphatic carbocycles. The predicted octanol–water partition coefficient (Wildman–Crippen LogP) is 0.602. The molecule has 2 atom stereocenters. The molecule has 0 aromatic rings. The summed E-state index contributed by atoms with van der Waals surface area (Å²) in [7, 11) is 1.76. The summed E-state index contributed by atoms with van der Waals surface area (Å²) in [4.78, 5) is 43.8. The van der Waals surface area contributed by atoms with Gasteiger partial charge in [0, 0.05) is 33.2 Å². The van der Waals surface area contributed by atoms with Crippen LogP contribution in [0.4, 0.5) is 4.79 Å². The molecule has 130 valence electrons. The van der Waals surface area contributed by atoms with E-state index in [1.54, 1.807) is 28.7 Å². The third kappa shape index (κ3) is 3.43. The Labute approximate surface area is 138 Å². The molecule has 2 aliphatic rings. The van der Waals surface area contributed by atoms with Crippen molar-refractivity contribution in [1.82, 2.24) is 19.6 Å². The van der Waals surface area contributed by atoms with E-state index in [0.717, 1.165) is 25.9 Å². The summed E-state index contributed by atoms with van der Waals surface area (Å²) in [5, 5.41) is 0. The molecule has 23 heavy (non-hydrogen) atoms. The molecule has 0 bridgehead atoms. The second-order valence-electron chi connectivity index (χ2n) is 6.50. The van der Waals surface area contributed by atoms with E-state index in [-0.39, 0.29) is 30.4 Å². The highest BCUT2D eigenvalue weighted by Gasteiger charge is 2.47. The summed E-state index contributed by atoms with van der Waals surface area (Å²) in [5.74, 6) is -0.0457. The van der Waals surface area contributed by atoms with Gasteiger partial charge in [-0.2, -0.15) is 0 Å². The van der Waals surface area contributed by atoms with Gasteiger partial charge in [0.15, 0.2) is 0 Å². The number of urea groups is 1. The molecule has 0 saturated carbocycles. The van der Waals surface area contributed by atoms with Crippen molar-refractivity contribution in [2.75, 3.05) is 39.8 Å². The Morgan fingerprint density at radius 2 is 1.78 bits per heavy atom. The maximum absolute atomic E-state index is 12.6. The molecular weight excluding hydrogens is 296 g/mol. The molecule has 7 nitrogen and oxygen atoms in total. The van der Waals surface area contributed by atoms with Gasteiger partial charge >= 0.3 is 6.03 Å². The van der Waals surface area contributed by atoms with Gasteiger partial charge in [0.1, 0.15) is 12.6 Å². The third-order valence-electron chi connectivity index (χ3n) is 4.62. The van der Waals surface area contributed by atoms with Crippen molar-refractivity contribution in [1.29, 1.82) is 0 Å². The number of nitrogens with zero attached hydrogens (tertiary/aromatic N) is 4. The van der Waals surface area contributed by atoms with Crippen LogP contribution < -0.4 is 0 Å². The Morgan fingerprint density at radius 3 is 2.35 bits per heavy atom. The Bertz CT molecular complexity index is 476. The van der Waals surface area contributed by atoms with Crippen LogP contribution in [0.1, 0.15) is 33.6 Å². The van der Waals surface area contributed by atoms with Gasteiger partial charge in [0.05, 0.1) is 6.04 Å². The number of amides is 4. The van der Waals surface area contributed by atoms with Crippen molar-refractivity contribution < 1.29 is 14.4 Å². The van der Waals surface area contributed by atoms with Gasteiger partial charge in [-0.1, -0.05) is 13.8 Å². The number of likely N-dealkylation sites (N-methyl/N-ethyl adjacent to an activating group) is 1. The molecule has 0 unspecified atom stereocenters. The molecule has 4 amide bonds. The normalized spacial score (nSPS) is 24.3. The van der Waals surface area contributed by atoms with Gasteiger partial charge in [-0.15, -0.1) is 0 Å². The molecule has 0 spiro atoms. The molecule has 2 aliphatic heterocycles. The van der Waals surface area contributed by atoms with Crippen LogP contribution >= 0.6 is 0 Å². The first-order chi connectivity index (χ1) is 10.9. The van der Waals surface area contributed by atoms with Gasteiger partial charge in [0.2, 0.25) is 11.8 Å². The zero-order chi connectivity index (χ0) is 17.1. The van der Waals surface area contributed by atoms with E-state index in [4.69, 9.17) is 0 Å². The number of hydrogen-bond acceptors (Lipinski definition) is 3. The van der Waals surface area contributed by atoms with E-state index in [0.29, 0.717) is 13.1 Å². The van der Waals surface area contributed by atoms with Crippen LogP contribution in [-0.4, -0.2) is 89.3 Å². The van der Waals surface area contributed by atoms with E-state index in [2.05, 4.69) is 0 Å². The summed E-state index contributed by atoms with van der Waals surface area (Å²) in [5.41, 5.74) is 0. The Balaban J connectivity index is 2.03. The maximum atomic E-state index is 12.6. The molecule has 7 heteroatoms. The molecule has 0 aromatic heterocycles. The average Bonchev–Trinajstić information content (AvgIpc) is 2.80. The first kappa shape index (κ1) is 17.6. The van der Waals surface area contributed by atoms with Crippen molar-refractivity contribution in [2.24, 2.45) is 0 Å². The second-order valence-corrected chi connectivity index (χ2v) is 6.50. The van der Waals surface area contributed by atoms with Crippen molar-refractivity contribution in [3.63, 3.8) is 0 Å².